The van der Waals surface area contributed by atoms with Gasteiger partial charge in [0.25, 0.3) is 0 Å². The van der Waals surface area contributed by atoms with E-state index < -0.39 is 0 Å². The van der Waals surface area contributed by atoms with Crippen LogP contribution in [-0.4, -0.2) is 36.6 Å². The Kier molecular flexibility index (Phi) is 4.32. The van der Waals surface area contributed by atoms with Crippen LogP contribution < -0.4 is 5.73 Å². The molecule has 2 rings (SSSR count). The van der Waals surface area contributed by atoms with Crippen molar-refractivity contribution in [2.75, 3.05) is 26.7 Å². The summed E-state index contributed by atoms with van der Waals surface area (Å²) in [5.41, 5.74) is 5.54. The van der Waals surface area contributed by atoms with Crippen LogP contribution >= 0.6 is 11.3 Å². The first-order valence-electron chi connectivity index (χ1n) is 6.10. The lowest BCUT2D eigenvalue weighted by Crippen LogP contribution is -2.30. The first-order chi connectivity index (χ1) is 7.78. The summed E-state index contributed by atoms with van der Waals surface area (Å²) in [7, 11) is 2.21. The van der Waals surface area contributed by atoms with Gasteiger partial charge in [-0.3, -0.25) is 0 Å². The zero-order valence-corrected chi connectivity index (χ0v) is 10.8. The van der Waals surface area contributed by atoms with Gasteiger partial charge in [0.05, 0.1) is 5.01 Å². The van der Waals surface area contributed by atoms with Crippen molar-refractivity contribution in [2.24, 2.45) is 11.7 Å². The molecule has 1 fully saturated rings. The summed E-state index contributed by atoms with van der Waals surface area (Å²) < 4.78 is 0. The van der Waals surface area contributed by atoms with E-state index in [0.717, 1.165) is 18.9 Å². The summed E-state index contributed by atoms with van der Waals surface area (Å²) >= 11 is 1.85. The second kappa shape index (κ2) is 5.75. The van der Waals surface area contributed by atoms with Crippen LogP contribution in [0.15, 0.2) is 6.20 Å². The van der Waals surface area contributed by atoms with Crippen molar-refractivity contribution in [3.8, 4) is 0 Å². The molecule has 2 N–H and O–H groups in total. The Balaban J connectivity index is 1.83. The highest BCUT2D eigenvalue weighted by atomic mass is 32.1. The molecule has 0 aromatic carbocycles. The SMILES string of the molecule is CN1CCC(Cc2ncc(CCN)s2)CC1. The van der Waals surface area contributed by atoms with Gasteiger partial charge in [-0.15, -0.1) is 11.3 Å². The smallest absolute Gasteiger partial charge is 0.0930 e. The molecular formula is C12H21N3S. The zero-order chi connectivity index (χ0) is 11.4. The first kappa shape index (κ1) is 12.0. The fourth-order valence-corrected chi connectivity index (χ4v) is 3.27. The van der Waals surface area contributed by atoms with Crippen LogP contribution in [0.5, 0.6) is 0 Å². The topological polar surface area (TPSA) is 42.2 Å². The van der Waals surface area contributed by atoms with Gasteiger partial charge in [0.15, 0.2) is 0 Å². The van der Waals surface area contributed by atoms with Crippen molar-refractivity contribution in [1.82, 2.24) is 9.88 Å². The van der Waals surface area contributed by atoms with Crippen molar-refractivity contribution in [2.45, 2.75) is 25.7 Å². The number of thiazole rings is 1. The standard InChI is InChI=1S/C12H21N3S/c1-15-6-3-10(4-7-15)8-12-14-9-11(16-12)2-5-13/h9-10H,2-8,13H2,1H3. The third-order valence-corrected chi connectivity index (χ3v) is 4.37. The van der Waals surface area contributed by atoms with E-state index in [1.807, 2.05) is 17.5 Å². The molecule has 0 bridgehead atoms. The fourth-order valence-electron chi connectivity index (χ4n) is 2.21. The number of aromatic nitrogens is 1. The van der Waals surface area contributed by atoms with Crippen molar-refractivity contribution in [3.63, 3.8) is 0 Å². The quantitative estimate of drug-likeness (QED) is 0.866. The third kappa shape index (κ3) is 3.27. The highest BCUT2D eigenvalue weighted by Crippen LogP contribution is 2.23. The molecule has 0 atom stereocenters. The number of nitrogens with zero attached hydrogens (tertiary/aromatic N) is 2. The van der Waals surface area contributed by atoms with Crippen LogP contribution in [0.3, 0.4) is 0 Å². The molecule has 0 unspecified atom stereocenters. The molecular weight excluding hydrogens is 218 g/mol. The van der Waals surface area contributed by atoms with Gasteiger partial charge in [-0.1, -0.05) is 0 Å². The molecule has 0 radical (unpaired) electrons. The maximum absolute atomic E-state index is 5.54. The minimum atomic E-state index is 0.732. The molecule has 1 aliphatic heterocycles. The number of likely N-dealkylation sites (tertiary alicyclic amines) is 1. The van der Waals surface area contributed by atoms with Crippen LogP contribution in [-0.2, 0) is 12.8 Å². The second-order valence-electron chi connectivity index (χ2n) is 4.71. The van der Waals surface area contributed by atoms with E-state index in [2.05, 4.69) is 16.9 Å². The van der Waals surface area contributed by atoms with Gasteiger partial charge in [0.2, 0.25) is 0 Å². The van der Waals surface area contributed by atoms with E-state index >= 15 is 0 Å². The van der Waals surface area contributed by atoms with Gasteiger partial charge in [0, 0.05) is 17.5 Å². The maximum atomic E-state index is 5.54. The van der Waals surface area contributed by atoms with Crippen LogP contribution in [0.4, 0.5) is 0 Å². The van der Waals surface area contributed by atoms with Gasteiger partial charge in [-0.25, -0.2) is 4.98 Å². The maximum Gasteiger partial charge on any atom is 0.0930 e. The Labute approximate surface area is 102 Å². The summed E-state index contributed by atoms with van der Waals surface area (Å²) in [6, 6.07) is 0. The van der Waals surface area contributed by atoms with Crippen molar-refractivity contribution < 1.29 is 0 Å². The minimum absolute atomic E-state index is 0.732. The summed E-state index contributed by atoms with van der Waals surface area (Å²) in [5, 5.41) is 1.30. The molecule has 0 aliphatic carbocycles. The molecule has 0 spiro atoms. The van der Waals surface area contributed by atoms with Crippen LogP contribution in [0, 0.1) is 5.92 Å². The van der Waals surface area contributed by atoms with Crippen molar-refractivity contribution >= 4 is 11.3 Å². The molecule has 1 aromatic rings. The predicted molar refractivity (Wildman–Crippen MR) is 68.8 cm³/mol. The summed E-state index contributed by atoms with van der Waals surface area (Å²) in [4.78, 5) is 8.25. The predicted octanol–water partition coefficient (Wildman–Crippen LogP) is 1.53. The number of rotatable bonds is 4. The van der Waals surface area contributed by atoms with E-state index in [9.17, 15) is 0 Å². The Morgan fingerprint density at radius 3 is 2.94 bits per heavy atom. The van der Waals surface area contributed by atoms with Gasteiger partial charge in [0.1, 0.15) is 0 Å². The van der Waals surface area contributed by atoms with Crippen LogP contribution in [0.2, 0.25) is 0 Å². The molecule has 1 aromatic heterocycles. The van der Waals surface area contributed by atoms with Crippen LogP contribution in [0.1, 0.15) is 22.7 Å². The van der Waals surface area contributed by atoms with E-state index in [-0.39, 0.29) is 0 Å². The van der Waals surface area contributed by atoms with Crippen LogP contribution in [0.25, 0.3) is 0 Å². The number of hydrogen-bond acceptors (Lipinski definition) is 4. The van der Waals surface area contributed by atoms with Gasteiger partial charge in [-0.05, 0) is 51.9 Å². The molecule has 4 heteroatoms. The van der Waals surface area contributed by atoms with Crippen molar-refractivity contribution in [3.05, 3.63) is 16.1 Å². The average Bonchev–Trinajstić information content (AvgIpc) is 2.70. The van der Waals surface area contributed by atoms with Gasteiger partial charge < -0.3 is 10.6 Å². The summed E-state index contributed by atoms with van der Waals surface area (Å²) in [6.45, 7) is 3.22. The molecule has 1 saturated heterocycles. The molecule has 0 saturated carbocycles. The fraction of sp³-hybridized carbons (Fsp3) is 0.750. The van der Waals surface area contributed by atoms with Gasteiger partial charge in [-0.2, -0.15) is 0 Å². The van der Waals surface area contributed by atoms with E-state index in [1.54, 1.807) is 0 Å². The molecule has 0 amide bonds. The molecule has 90 valence electrons. The van der Waals surface area contributed by atoms with Crippen molar-refractivity contribution in [1.29, 1.82) is 0 Å². The monoisotopic (exact) mass is 239 g/mol. The Bertz CT molecular complexity index is 316. The average molecular weight is 239 g/mol. The summed E-state index contributed by atoms with van der Waals surface area (Å²) in [6.07, 6.45) is 6.79. The number of nitrogens with two attached hydrogens (primary N) is 1. The van der Waals surface area contributed by atoms with E-state index in [1.165, 1.54) is 42.2 Å². The highest BCUT2D eigenvalue weighted by Gasteiger charge is 2.18. The molecule has 3 nitrogen and oxygen atoms in total. The number of piperidine rings is 1. The molecule has 16 heavy (non-hydrogen) atoms. The van der Waals surface area contributed by atoms with E-state index in [0.29, 0.717) is 0 Å². The number of hydrogen-bond donors (Lipinski definition) is 1. The Morgan fingerprint density at radius 2 is 2.25 bits per heavy atom. The normalized spacial score (nSPS) is 19.1. The largest absolute Gasteiger partial charge is 0.330 e. The van der Waals surface area contributed by atoms with Gasteiger partial charge >= 0.3 is 0 Å². The molecule has 1 aliphatic rings. The lowest BCUT2D eigenvalue weighted by atomic mass is 9.94. The highest BCUT2D eigenvalue weighted by molar-refractivity contribution is 7.11. The third-order valence-electron chi connectivity index (χ3n) is 3.29. The Morgan fingerprint density at radius 1 is 1.50 bits per heavy atom. The minimum Gasteiger partial charge on any atom is -0.330 e. The Hall–Kier alpha value is -0.450. The summed E-state index contributed by atoms with van der Waals surface area (Å²) in [5.74, 6) is 0.841. The lowest BCUT2D eigenvalue weighted by molar-refractivity contribution is 0.219. The zero-order valence-electron chi connectivity index (χ0n) is 9.98. The van der Waals surface area contributed by atoms with E-state index in [4.69, 9.17) is 5.73 Å². The first-order valence-corrected chi connectivity index (χ1v) is 6.91. The molecule has 2 heterocycles. The lowest BCUT2D eigenvalue weighted by Gasteiger charge is -2.28. The second-order valence-corrected chi connectivity index (χ2v) is 5.91.